The lowest BCUT2D eigenvalue weighted by molar-refractivity contribution is -0.125. The van der Waals surface area contributed by atoms with Gasteiger partial charge >= 0.3 is 0 Å². The Morgan fingerprint density at radius 2 is 1.80 bits per heavy atom. The van der Waals surface area contributed by atoms with Crippen LogP contribution < -0.4 is 9.64 Å². The third kappa shape index (κ3) is 3.28. The summed E-state index contributed by atoms with van der Waals surface area (Å²) < 4.78 is 5.28. The Balaban J connectivity index is 1.61. The number of amides is 1. The summed E-state index contributed by atoms with van der Waals surface area (Å²) >= 11 is 2.05. The quantitative estimate of drug-likeness (QED) is 0.825. The van der Waals surface area contributed by atoms with E-state index < -0.39 is 0 Å². The Morgan fingerprint density at radius 1 is 1.12 bits per heavy atom. The van der Waals surface area contributed by atoms with E-state index in [2.05, 4.69) is 21.6 Å². The lowest BCUT2D eigenvalue weighted by Gasteiger charge is -2.51. The molecule has 2 aliphatic heterocycles. The summed E-state index contributed by atoms with van der Waals surface area (Å²) in [5, 5.41) is 0. The van der Waals surface area contributed by atoms with Gasteiger partial charge in [-0.05, 0) is 61.5 Å². The number of hydrogen-bond acceptors (Lipinski definition) is 4. The molecule has 5 heteroatoms. The molecule has 2 heterocycles. The van der Waals surface area contributed by atoms with Gasteiger partial charge in [-0.1, -0.05) is 12.8 Å². The summed E-state index contributed by atoms with van der Waals surface area (Å²) in [6, 6.07) is 8.63. The van der Waals surface area contributed by atoms with Gasteiger partial charge in [0.1, 0.15) is 5.75 Å². The van der Waals surface area contributed by atoms with Crippen molar-refractivity contribution in [1.82, 2.24) is 4.90 Å². The van der Waals surface area contributed by atoms with Crippen molar-refractivity contribution in [3.05, 3.63) is 24.3 Å². The molecule has 0 unspecified atom stereocenters. The number of thioether (sulfide) groups is 1. The zero-order chi connectivity index (χ0) is 17.3. The zero-order valence-corrected chi connectivity index (χ0v) is 15.9. The molecular weight excluding hydrogens is 332 g/mol. The van der Waals surface area contributed by atoms with Crippen LogP contribution in [0, 0.1) is 0 Å². The molecule has 136 valence electrons. The lowest BCUT2D eigenvalue weighted by atomic mass is 9.89. The van der Waals surface area contributed by atoms with E-state index in [1.54, 1.807) is 7.11 Å². The van der Waals surface area contributed by atoms with Crippen LogP contribution >= 0.6 is 11.8 Å². The highest BCUT2D eigenvalue weighted by atomic mass is 32.2. The summed E-state index contributed by atoms with van der Waals surface area (Å²) in [6.07, 6.45) is 7.18. The molecule has 3 aliphatic rings. The van der Waals surface area contributed by atoms with Crippen LogP contribution in [0.5, 0.6) is 5.75 Å². The summed E-state index contributed by atoms with van der Waals surface area (Å²) in [7, 11) is 1.68. The molecule has 0 bridgehead atoms. The number of rotatable bonds is 3. The number of ether oxygens (including phenoxy) is 1. The van der Waals surface area contributed by atoms with Gasteiger partial charge < -0.3 is 9.64 Å². The van der Waals surface area contributed by atoms with Crippen LogP contribution in [-0.2, 0) is 4.79 Å². The molecule has 1 amide bonds. The number of piperazine rings is 1. The third-order valence-corrected chi connectivity index (χ3v) is 7.18. The zero-order valence-electron chi connectivity index (χ0n) is 15.1. The first kappa shape index (κ1) is 17.2. The van der Waals surface area contributed by atoms with Crippen LogP contribution in [0.4, 0.5) is 5.69 Å². The molecule has 1 aromatic rings. The van der Waals surface area contributed by atoms with Crippen LogP contribution in [-0.4, -0.2) is 54.1 Å². The topological polar surface area (TPSA) is 32.8 Å². The predicted molar refractivity (Wildman–Crippen MR) is 104 cm³/mol. The third-order valence-electron chi connectivity index (χ3n) is 6.13. The van der Waals surface area contributed by atoms with Crippen LogP contribution in [0.2, 0.25) is 0 Å². The molecule has 1 aromatic carbocycles. The minimum atomic E-state index is -0.00544. The van der Waals surface area contributed by atoms with Gasteiger partial charge in [0.25, 0.3) is 0 Å². The fraction of sp³-hybridized carbons (Fsp3) is 0.650. The van der Waals surface area contributed by atoms with Gasteiger partial charge in [-0.2, -0.15) is 11.8 Å². The average Bonchev–Trinajstić information content (AvgIpc) is 3.11. The normalized spacial score (nSPS) is 24.8. The van der Waals surface area contributed by atoms with E-state index in [-0.39, 0.29) is 11.4 Å². The summed E-state index contributed by atoms with van der Waals surface area (Å²) in [4.78, 5) is 17.9. The Kier molecular flexibility index (Phi) is 4.96. The van der Waals surface area contributed by atoms with E-state index in [1.165, 1.54) is 37.2 Å². The number of hydrogen-bond donors (Lipinski definition) is 0. The summed E-state index contributed by atoms with van der Waals surface area (Å²) in [5.74, 6) is 3.60. The largest absolute Gasteiger partial charge is 0.497 e. The molecule has 0 radical (unpaired) electrons. The molecule has 1 saturated carbocycles. The molecule has 0 aromatic heterocycles. The average molecular weight is 361 g/mol. The lowest BCUT2D eigenvalue weighted by Crippen LogP contribution is -2.66. The Labute approximate surface area is 154 Å². The number of anilines is 1. The number of benzene rings is 1. The first-order valence-electron chi connectivity index (χ1n) is 9.51. The summed E-state index contributed by atoms with van der Waals surface area (Å²) in [5.41, 5.74) is 1.03. The number of carbonyl (C=O) groups excluding carboxylic acids is 1. The van der Waals surface area contributed by atoms with Crippen molar-refractivity contribution in [3.63, 3.8) is 0 Å². The molecule has 4 nitrogen and oxygen atoms in total. The van der Waals surface area contributed by atoms with Crippen molar-refractivity contribution in [2.75, 3.05) is 36.6 Å². The molecule has 0 N–H and O–H groups in total. The number of carbonyl (C=O) groups is 1. The summed E-state index contributed by atoms with van der Waals surface area (Å²) in [6.45, 7) is 1.61. The van der Waals surface area contributed by atoms with E-state index in [1.807, 2.05) is 24.3 Å². The number of methoxy groups -OCH3 is 1. The molecule has 25 heavy (non-hydrogen) atoms. The van der Waals surface area contributed by atoms with Crippen molar-refractivity contribution in [3.8, 4) is 5.75 Å². The van der Waals surface area contributed by atoms with E-state index in [0.717, 1.165) is 30.8 Å². The van der Waals surface area contributed by atoms with Crippen molar-refractivity contribution in [2.24, 2.45) is 0 Å². The highest BCUT2D eigenvalue weighted by Gasteiger charge is 2.48. The van der Waals surface area contributed by atoms with Gasteiger partial charge in [-0.25, -0.2) is 0 Å². The van der Waals surface area contributed by atoms with Gasteiger partial charge in [0.15, 0.2) is 0 Å². The SMILES string of the molecule is COc1ccc(N2C(=O)CN(C3CCSCC3)CC23CCCC3)cc1. The van der Waals surface area contributed by atoms with Crippen LogP contribution in [0.25, 0.3) is 0 Å². The van der Waals surface area contributed by atoms with E-state index in [9.17, 15) is 4.79 Å². The second kappa shape index (κ2) is 7.20. The second-order valence-corrected chi connectivity index (χ2v) is 8.83. The Hall–Kier alpha value is -1.20. The monoisotopic (exact) mass is 360 g/mol. The number of nitrogens with zero attached hydrogens (tertiary/aromatic N) is 2. The standard InChI is InChI=1S/C20H28N2O2S/c1-24-18-6-4-17(5-7-18)22-19(23)14-21(16-8-12-25-13-9-16)15-20(22)10-2-3-11-20/h4-7,16H,2-3,8-15H2,1H3. The maximum absolute atomic E-state index is 13.2. The molecule has 1 aliphatic carbocycles. The molecule has 2 saturated heterocycles. The van der Waals surface area contributed by atoms with Crippen molar-refractivity contribution in [1.29, 1.82) is 0 Å². The smallest absolute Gasteiger partial charge is 0.241 e. The van der Waals surface area contributed by atoms with Gasteiger partial charge in [0, 0.05) is 18.3 Å². The van der Waals surface area contributed by atoms with Crippen LogP contribution in [0.1, 0.15) is 38.5 Å². The van der Waals surface area contributed by atoms with Crippen molar-refractivity contribution in [2.45, 2.75) is 50.1 Å². The Bertz CT molecular complexity index is 607. The fourth-order valence-corrected chi connectivity index (χ4v) is 5.97. The predicted octanol–water partition coefficient (Wildman–Crippen LogP) is 3.55. The van der Waals surface area contributed by atoms with E-state index in [4.69, 9.17) is 4.74 Å². The molecule has 1 spiro atoms. The Morgan fingerprint density at radius 3 is 2.44 bits per heavy atom. The van der Waals surface area contributed by atoms with Crippen LogP contribution in [0.15, 0.2) is 24.3 Å². The van der Waals surface area contributed by atoms with Crippen molar-refractivity contribution >= 4 is 23.4 Å². The van der Waals surface area contributed by atoms with Gasteiger partial charge in [-0.3, -0.25) is 9.69 Å². The molecular formula is C20H28N2O2S. The fourth-order valence-electron chi connectivity index (χ4n) is 4.89. The molecule has 4 rings (SSSR count). The van der Waals surface area contributed by atoms with Crippen LogP contribution in [0.3, 0.4) is 0 Å². The highest BCUT2D eigenvalue weighted by Crippen LogP contribution is 2.42. The maximum atomic E-state index is 13.2. The van der Waals surface area contributed by atoms with Gasteiger partial charge in [0.2, 0.25) is 5.91 Å². The van der Waals surface area contributed by atoms with Gasteiger partial charge in [0.05, 0.1) is 19.2 Å². The van der Waals surface area contributed by atoms with E-state index >= 15 is 0 Å². The molecule has 0 atom stereocenters. The van der Waals surface area contributed by atoms with E-state index in [0.29, 0.717) is 12.6 Å². The first-order valence-corrected chi connectivity index (χ1v) is 10.7. The minimum Gasteiger partial charge on any atom is -0.497 e. The molecule has 3 fully saturated rings. The first-order chi connectivity index (χ1) is 12.2. The second-order valence-electron chi connectivity index (χ2n) is 7.61. The highest BCUT2D eigenvalue weighted by molar-refractivity contribution is 7.99. The van der Waals surface area contributed by atoms with Gasteiger partial charge in [-0.15, -0.1) is 0 Å². The van der Waals surface area contributed by atoms with Crippen molar-refractivity contribution < 1.29 is 9.53 Å². The maximum Gasteiger partial charge on any atom is 0.241 e. The minimum absolute atomic E-state index is 0.00544.